The van der Waals surface area contributed by atoms with Gasteiger partial charge in [0.05, 0.1) is 6.10 Å². The smallest absolute Gasteiger partial charge is 0.250 e. The number of ether oxygens (including phenoxy) is 1. The molecule has 0 aliphatic rings. The van der Waals surface area contributed by atoms with Gasteiger partial charge in [0.15, 0.2) is 8.32 Å². The predicted molar refractivity (Wildman–Crippen MR) is 122 cm³/mol. The summed E-state index contributed by atoms with van der Waals surface area (Å²) in [6.45, 7) is 26.8. The van der Waals surface area contributed by atoms with Gasteiger partial charge in [-0.05, 0) is 62.2 Å². The zero-order chi connectivity index (χ0) is 21.3. The van der Waals surface area contributed by atoms with Crippen LogP contribution >= 0.6 is 0 Å². The Balaban J connectivity index is 2.83. The third-order valence-electron chi connectivity index (χ3n) is 6.25. The van der Waals surface area contributed by atoms with Crippen molar-refractivity contribution < 1.29 is 13.6 Å². The Morgan fingerprint density at radius 2 is 1.22 bits per heavy atom. The van der Waals surface area contributed by atoms with Crippen LogP contribution in [0.3, 0.4) is 0 Å². The monoisotopic (exact) mass is 410 g/mol. The van der Waals surface area contributed by atoms with E-state index in [9.17, 15) is 0 Å². The molecule has 1 rings (SSSR count). The average molecular weight is 411 g/mol. The van der Waals surface area contributed by atoms with Gasteiger partial charge in [0.1, 0.15) is 17.6 Å². The Kier molecular flexibility index (Phi) is 7.45. The minimum absolute atomic E-state index is 0.0257. The van der Waals surface area contributed by atoms with E-state index in [2.05, 4.69) is 81.6 Å². The molecule has 0 bridgehead atoms. The van der Waals surface area contributed by atoms with Crippen LogP contribution in [0, 0.1) is 0 Å². The molecule has 27 heavy (non-hydrogen) atoms. The van der Waals surface area contributed by atoms with Gasteiger partial charge >= 0.3 is 0 Å². The Bertz CT molecular complexity index is 613. The van der Waals surface area contributed by atoms with Crippen LogP contribution in [0.4, 0.5) is 0 Å². The van der Waals surface area contributed by atoms with E-state index >= 15 is 0 Å². The topological polar surface area (TPSA) is 27.7 Å². The van der Waals surface area contributed by atoms with E-state index in [1.807, 2.05) is 24.3 Å². The van der Waals surface area contributed by atoms with E-state index in [1.54, 1.807) is 0 Å². The summed E-state index contributed by atoms with van der Waals surface area (Å²) in [4.78, 5) is 0. The number of hydrogen-bond donors (Lipinski definition) is 0. The zero-order valence-corrected chi connectivity index (χ0v) is 21.7. The van der Waals surface area contributed by atoms with Crippen molar-refractivity contribution in [2.75, 3.05) is 0 Å². The second kappa shape index (κ2) is 8.30. The van der Waals surface area contributed by atoms with Gasteiger partial charge in [0, 0.05) is 6.07 Å². The third-order valence-corrected chi connectivity index (χ3v) is 15.2. The molecule has 5 heteroatoms. The highest BCUT2D eigenvalue weighted by Crippen LogP contribution is 2.39. The molecule has 0 aliphatic carbocycles. The zero-order valence-electron chi connectivity index (χ0n) is 19.7. The fourth-order valence-electron chi connectivity index (χ4n) is 2.11. The molecule has 0 unspecified atom stereocenters. The van der Waals surface area contributed by atoms with Crippen molar-refractivity contribution in [3.05, 3.63) is 24.3 Å². The lowest BCUT2D eigenvalue weighted by Gasteiger charge is -2.39. The van der Waals surface area contributed by atoms with E-state index in [0.29, 0.717) is 0 Å². The molecule has 0 saturated heterocycles. The Morgan fingerprint density at radius 3 is 1.70 bits per heavy atom. The van der Waals surface area contributed by atoms with Gasteiger partial charge in [0.25, 0.3) is 0 Å². The SMILES string of the molecule is C[C@H](Oc1cccc(O[Si](C)(C)C(C)(C)C)c1)[C@@H](C)O[Si](C)(C)C(C)(C)C. The first-order valence-corrected chi connectivity index (χ1v) is 15.9. The van der Waals surface area contributed by atoms with Crippen molar-refractivity contribution in [2.24, 2.45) is 0 Å². The molecule has 1 aromatic rings. The van der Waals surface area contributed by atoms with Crippen LogP contribution in [0.15, 0.2) is 24.3 Å². The molecule has 0 radical (unpaired) electrons. The first kappa shape index (κ1) is 24.3. The maximum Gasteiger partial charge on any atom is 0.250 e. The number of rotatable bonds is 7. The predicted octanol–water partition coefficient (Wildman–Crippen LogP) is 7.25. The third kappa shape index (κ3) is 6.65. The quantitative estimate of drug-likeness (QED) is 0.443. The Labute approximate surface area is 170 Å². The largest absolute Gasteiger partial charge is 0.543 e. The molecule has 0 N–H and O–H groups in total. The van der Waals surface area contributed by atoms with Gasteiger partial charge in [-0.15, -0.1) is 0 Å². The van der Waals surface area contributed by atoms with Crippen LogP contribution < -0.4 is 9.16 Å². The van der Waals surface area contributed by atoms with E-state index in [0.717, 1.165) is 11.5 Å². The van der Waals surface area contributed by atoms with Crippen LogP contribution in [0.1, 0.15) is 55.4 Å². The van der Waals surface area contributed by atoms with Crippen LogP contribution in [0.2, 0.25) is 36.3 Å². The molecular formula is C22H42O3Si2. The summed E-state index contributed by atoms with van der Waals surface area (Å²) in [5.74, 6) is 1.73. The molecule has 3 nitrogen and oxygen atoms in total. The van der Waals surface area contributed by atoms with Gasteiger partial charge < -0.3 is 13.6 Å². The summed E-state index contributed by atoms with van der Waals surface area (Å²) in [5.41, 5.74) is 0. The highest BCUT2D eigenvalue weighted by atomic mass is 28.4. The second-order valence-electron chi connectivity index (χ2n) is 10.7. The lowest BCUT2D eigenvalue weighted by atomic mass is 10.2. The van der Waals surface area contributed by atoms with E-state index in [4.69, 9.17) is 13.6 Å². The van der Waals surface area contributed by atoms with Crippen LogP contribution in [0.25, 0.3) is 0 Å². The lowest BCUT2D eigenvalue weighted by molar-refractivity contribution is 0.0677. The van der Waals surface area contributed by atoms with Gasteiger partial charge in [-0.25, -0.2) is 0 Å². The average Bonchev–Trinajstić information content (AvgIpc) is 2.44. The first-order valence-electron chi connectivity index (χ1n) is 10.1. The molecule has 0 saturated carbocycles. The standard InChI is InChI=1S/C22H42O3Si2/c1-17(18(2)24-26(9,10)21(3,4)5)23-19-14-13-15-20(16-19)25-27(11,12)22(6,7)8/h13-18H,1-12H3/t17-,18+/m0/s1. The molecule has 0 aliphatic heterocycles. The van der Waals surface area contributed by atoms with Crippen molar-refractivity contribution in [1.82, 2.24) is 0 Å². The minimum atomic E-state index is -1.86. The number of hydrogen-bond acceptors (Lipinski definition) is 3. The van der Waals surface area contributed by atoms with Crippen molar-refractivity contribution in [1.29, 1.82) is 0 Å². The summed E-state index contributed by atoms with van der Waals surface area (Å²) in [7, 11) is -3.67. The molecule has 1 aromatic carbocycles. The van der Waals surface area contributed by atoms with Crippen molar-refractivity contribution in [3.63, 3.8) is 0 Å². The molecule has 156 valence electrons. The van der Waals surface area contributed by atoms with Crippen molar-refractivity contribution >= 4 is 16.6 Å². The summed E-state index contributed by atoms with van der Waals surface area (Å²) in [6, 6.07) is 8.03. The van der Waals surface area contributed by atoms with Gasteiger partial charge in [0.2, 0.25) is 8.32 Å². The summed E-state index contributed by atoms with van der Waals surface area (Å²) >= 11 is 0. The number of benzene rings is 1. The molecule has 0 amide bonds. The minimum Gasteiger partial charge on any atom is -0.543 e. The maximum atomic E-state index is 6.48. The van der Waals surface area contributed by atoms with Crippen molar-refractivity contribution in [3.8, 4) is 11.5 Å². The molecule has 0 fully saturated rings. The van der Waals surface area contributed by atoms with Crippen LogP contribution in [-0.4, -0.2) is 28.8 Å². The second-order valence-corrected chi connectivity index (χ2v) is 20.2. The maximum absolute atomic E-state index is 6.48. The van der Waals surface area contributed by atoms with Crippen molar-refractivity contribution in [2.45, 2.75) is 104 Å². The van der Waals surface area contributed by atoms with E-state index in [-0.39, 0.29) is 22.3 Å². The molecule has 2 atom stereocenters. The normalized spacial score (nSPS) is 16.0. The van der Waals surface area contributed by atoms with Gasteiger partial charge in [-0.2, -0.15) is 0 Å². The fourth-order valence-corrected chi connectivity index (χ4v) is 4.60. The van der Waals surface area contributed by atoms with E-state index < -0.39 is 16.6 Å². The van der Waals surface area contributed by atoms with E-state index in [1.165, 1.54) is 0 Å². The first-order chi connectivity index (χ1) is 12.0. The Morgan fingerprint density at radius 1 is 0.741 bits per heavy atom. The lowest BCUT2D eigenvalue weighted by Crippen LogP contribution is -2.46. The molecular weight excluding hydrogens is 368 g/mol. The summed E-state index contributed by atoms with van der Waals surface area (Å²) in [6.07, 6.45) is 0.0121. The van der Waals surface area contributed by atoms with Crippen LogP contribution in [0.5, 0.6) is 11.5 Å². The highest BCUT2D eigenvalue weighted by Gasteiger charge is 2.40. The fraction of sp³-hybridized carbons (Fsp3) is 0.727. The highest BCUT2D eigenvalue weighted by molar-refractivity contribution is 6.75. The molecule has 0 heterocycles. The summed E-state index contributed by atoms with van der Waals surface area (Å²) < 4.78 is 19.1. The van der Waals surface area contributed by atoms with Crippen LogP contribution in [-0.2, 0) is 4.43 Å². The summed E-state index contributed by atoms with van der Waals surface area (Å²) in [5, 5.41) is 0.362. The van der Waals surface area contributed by atoms with Gasteiger partial charge in [-0.1, -0.05) is 47.6 Å². The van der Waals surface area contributed by atoms with Gasteiger partial charge in [-0.3, -0.25) is 0 Å². The Hall–Kier alpha value is -0.786. The molecule has 0 aromatic heterocycles. The molecule has 0 spiro atoms.